The Morgan fingerprint density at radius 2 is 0.412 bits per heavy atom. The molecule has 17 heavy (non-hydrogen) atoms. The van der Waals surface area contributed by atoms with Crippen molar-refractivity contribution in [2.24, 2.45) is 0 Å². The molecule has 0 saturated heterocycles. The quantitative estimate of drug-likeness (QED) is 0.226. The van der Waals surface area contributed by atoms with Gasteiger partial charge in [-0.1, -0.05) is 0 Å². The van der Waals surface area contributed by atoms with E-state index < -0.39 is 40.1 Å². The van der Waals surface area contributed by atoms with Gasteiger partial charge in [0, 0.05) is 0 Å². The summed E-state index contributed by atoms with van der Waals surface area (Å²) in [6, 6.07) is 0. The SMILES string of the molecule is O=[Se](=O)([O-])[O-].O=[Se](=O)([O-])[O-].O=[Se](=O)([O-])[O-].[Rh+3].[Rh+3]. The van der Waals surface area contributed by atoms with Crippen molar-refractivity contribution in [2.45, 2.75) is 0 Å². The molecule has 0 saturated carbocycles. The zero-order chi connectivity index (χ0) is 13.5. The second-order valence-electron chi connectivity index (χ2n) is 1.22. The van der Waals surface area contributed by atoms with Gasteiger partial charge in [-0.3, -0.25) is 0 Å². The van der Waals surface area contributed by atoms with Crippen molar-refractivity contribution in [3.63, 3.8) is 0 Å². The molecule has 0 aliphatic rings. The fourth-order valence-corrected chi connectivity index (χ4v) is 0. The van der Waals surface area contributed by atoms with E-state index in [9.17, 15) is 0 Å². The van der Waals surface area contributed by atoms with Gasteiger partial charge in [0.05, 0.1) is 0 Å². The monoisotopic (exact) mass is 637 g/mol. The minimum atomic E-state index is -5.75. The fourth-order valence-electron chi connectivity index (χ4n) is 0. The molecule has 0 spiro atoms. The maximum atomic E-state index is 8.59. The molecule has 0 aromatic heterocycles. The van der Waals surface area contributed by atoms with Gasteiger partial charge in [0.25, 0.3) is 0 Å². The molecule has 0 N–H and O–H groups in total. The van der Waals surface area contributed by atoms with Gasteiger partial charge < -0.3 is 0 Å². The van der Waals surface area contributed by atoms with E-state index in [1.54, 1.807) is 0 Å². The Morgan fingerprint density at radius 1 is 0.412 bits per heavy atom. The van der Waals surface area contributed by atoms with Crippen LogP contribution in [0.15, 0.2) is 0 Å². The second-order valence-corrected chi connectivity index (χ2v) is 6.36. The first-order chi connectivity index (χ1) is 6.00. The first-order valence-corrected chi connectivity index (χ1v) is 10.4. The molecular formula is O12Rh2Se3. The van der Waals surface area contributed by atoms with Gasteiger partial charge >= 0.3 is 127 Å². The predicted molar refractivity (Wildman–Crippen MR) is 21.4 cm³/mol. The van der Waals surface area contributed by atoms with Crippen molar-refractivity contribution < 1.29 is 87.1 Å². The number of rotatable bonds is 0. The van der Waals surface area contributed by atoms with E-state index in [2.05, 4.69) is 0 Å². The van der Waals surface area contributed by atoms with Crippen LogP contribution in [0.25, 0.3) is 0 Å². The Labute approximate surface area is 126 Å². The zero-order valence-electron chi connectivity index (χ0n) is 6.79. The molecule has 0 bridgehead atoms. The maximum absolute atomic E-state index is 8.59. The van der Waals surface area contributed by atoms with Crippen LogP contribution in [0.1, 0.15) is 0 Å². The van der Waals surface area contributed by atoms with Crippen molar-refractivity contribution >= 4 is 40.1 Å². The topological polar surface area (TPSA) is 241 Å². The Morgan fingerprint density at radius 3 is 0.412 bits per heavy atom. The molecule has 0 aliphatic carbocycles. The Bertz CT molecular complexity index is 341. The molecule has 0 aromatic carbocycles. The van der Waals surface area contributed by atoms with Gasteiger partial charge in [0.1, 0.15) is 0 Å². The summed E-state index contributed by atoms with van der Waals surface area (Å²) < 4.78 is 103. The van der Waals surface area contributed by atoms with Crippen LogP contribution < -0.4 is 25.1 Å². The smallest absolute Gasteiger partial charge is 3.00 e. The average molecular weight is 635 g/mol. The first kappa shape index (κ1) is 31.0. The van der Waals surface area contributed by atoms with Gasteiger partial charge in [-0.25, -0.2) is 0 Å². The molecular weight excluding hydrogens is 635 g/mol. The van der Waals surface area contributed by atoms with Crippen molar-refractivity contribution in [1.82, 2.24) is 0 Å². The van der Waals surface area contributed by atoms with Crippen LogP contribution in [0, 0.1) is 0 Å². The maximum Gasteiger partial charge on any atom is 3.00 e. The van der Waals surface area contributed by atoms with Crippen LogP contribution >= 0.6 is 0 Å². The summed E-state index contributed by atoms with van der Waals surface area (Å²) in [7, 11) is 0. The summed E-state index contributed by atoms with van der Waals surface area (Å²) in [5.41, 5.74) is 0. The standard InChI is InChI=1S/3H2O4Se.2Rh/c3*1-5(2,3)4;;/h3*(H2,1,2,3,4);;/q;;;2*+3/p-6. The van der Waals surface area contributed by atoms with Crippen molar-refractivity contribution in [3.05, 3.63) is 0 Å². The first-order valence-electron chi connectivity index (χ1n) is 2.00. The third-order valence-corrected chi connectivity index (χ3v) is 0. The molecule has 0 unspecified atom stereocenters. The molecule has 108 valence electrons. The third kappa shape index (κ3) is 2200. The predicted octanol–water partition coefficient (Wildman–Crippen LogP) is -8.99. The normalized spacial score (nSPS) is 10.2. The van der Waals surface area contributed by atoms with Crippen LogP contribution in [0.3, 0.4) is 0 Å². The molecule has 0 heterocycles. The van der Waals surface area contributed by atoms with E-state index in [1.807, 2.05) is 0 Å². The van der Waals surface area contributed by atoms with Crippen LogP contribution in [-0.2, 0) is 62.0 Å². The van der Waals surface area contributed by atoms with E-state index in [1.165, 1.54) is 0 Å². The van der Waals surface area contributed by atoms with Gasteiger partial charge in [-0.2, -0.15) is 0 Å². The summed E-state index contributed by atoms with van der Waals surface area (Å²) in [4.78, 5) is 0. The van der Waals surface area contributed by atoms with Gasteiger partial charge in [0.15, 0.2) is 0 Å². The molecule has 0 amide bonds. The molecule has 0 radical (unpaired) electrons. The largest absolute Gasteiger partial charge is 3.00 e. The van der Waals surface area contributed by atoms with Crippen LogP contribution in [0.5, 0.6) is 0 Å². The molecule has 0 aliphatic heterocycles. The minimum Gasteiger partial charge on any atom is 3.00 e. The molecule has 0 rings (SSSR count). The summed E-state index contributed by atoms with van der Waals surface area (Å²) >= 11 is -17.2. The Kier molecular flexibility index (Phi) is 22.6. The van der Waals surface area contributed by atoms with Crippen LogP contribution in [-0.4, -0.2) is 40.1 Å². The van der Waals surface area contributed by atoms with E-state index >= 15 is 0 Å². The van der Waals surface area contributed by atoms with Crippen molar-refractivity contribution in [1.29, 1.82) is 0 Å². The average Bonchev–Trinajstić information content (AvgIpc) is 1.41. The van der Waals surface area contributed by atoms with Gasteiger partial charge in [0.2, 0.25) is 0 Å². The van der Waals surface area contributed by atoms with E-state index in [0.717, 1.165) is 0 Å². The van der Waals surface area contributed by atoms with Gasteiger partial charge in [-0.05, 0) is 0 Å². The summed E-state index contributed by atoms with van der Waals surface area (Å²) in [5.74, 6) is 0. The summed E-state index contributed by atoms with van der Waals surface area (Å²) in [6.45, 7) is 0. The van der Waals surface area contributed by atoms with E-state index in [4.69, 9.17) is 48.1 Å². The van der Waals surface area contributed by atoms with E-state index in [0.29, 0.717) is 0 Å². The third-order valence-electron chi connectivity index (χ3n) is 0. The zero-order valence-corrected chi connectivity index (χ0v) is 15.2. The number of hydrogen-bond acceptors (Lipinski definition) is 12. The molecule has 12 nitrogen and oxygen atoms in total. The number of hydrogen-bond donors (Lipinski definition) is 0. The van der Waals surface area contributed by atoms with Gasteiger partial charge in [-0.15, -0.1) is 0 Å². The van der Waals surface area contributed by atoms with E-state index in [-0.39, 0.29) is 39.0 Å². The Balaban J connectivity index is -0.0000000400. The van der Waals surface area contributed by atoms with Crippen LogP contribution in [0.2, 0.25) is 0 Å². The molecule has 0 aromatic rings. The van der Waals surface area contributed by atoms with Crippen molar-refractivity contribution in [3.8, 4) is 0 Å². The fraction of sp³-hybridized carbons (Fsp3) is 0. The second kappa shape index (κ2) is 12.4. The van der Waals surface area contributed by atoms with Crippen molar-refractivity contribution in [2.75, 3.05) is 0 Å². The molecule has 17 heteroatoms. The molecule has 0 atom stereocenters. The van der Waals surface area contributed by atoms with Crippen LogP contribution in [0.4, 0.5) is 0 Å². The summed E-state index contributed by atoms with van der Waals surface area (Å²) in [6.07, 6.45) is 0. The summed E-state index contributed by atoms with van der Waals surface area (Å²) in [5, 5.41) is 0. The molecule has 0 fully saturated rings. The Hall–Kier alpha value is 1.37. The minimum absolute atomic E-state index is 0.